The van der Waals surface area contributed by atoms with Crippen molar-refractivity contribution in [2.45, 2.75) is 31.3 Å². The van der Waals surface area contributed by atoms with Crippen LogP contribution in [-0.4, -0.2) is 26.4 Å². The Morgan fingerprint density at radius 1 is 1.32 bits per heavy atom. The van der Waals surface area contributed by atoms with E-state index in [0.29, 0.717) is 10.2 Å². The van der Waals surface area contributed by atoms with Gasteiger partial charge < -0.3 is 4.74 Å². The number of nitrogens with one attached hydrogen (secondary N) is 1. The van der Waals surface area contributed by atoms with Gasteiger partial charge in [0.25, 0.3) is 0 Å². The second kappa shape index (κ2) is 5.50. The molecule has 0 unspecified atom stereocenters. The lowest BCUT2D eigenvalue weighted by molar-refractivity contribution is 0.0636. The van der Waals surface area contributed by atoms with Crippen LogP contribution in [0.4, 0.5) is 10.5 Å². The molecule has 0 radical (unpaired) electrons. The molecule has 1 N–H and O–H groups in total. The van der Waals surface area contributed by atoms with Crippen LogP contribution < -0.4 is 5.32 Å². The maximum Gasteiger partial charge on any atom is 0.412 e. The number of sulfone groups is 1. The Labute approximate surface area is 121 Å². The van der Waals surface area contributed by atoms with Gasteiger partial charge in [-0.05, 0) is 54.9 Å². The van der Waals surface area contributed by atoms with Crippen molar-refractivity contribution in [3.63, 3.8) is 0 Å². The third-order valence-corrected chi connectivity index (χ3v) is 3.77. The van der Waals surface area contributed by atoms with Gasteiger partial charge in [-0.3, -0.25) is 5.32 Å². The van der Waals surface area contributed by atoms with E-state index in [1.165, 1.54) is 18.2 Å². The topological polar surface area (TPSA) is 72.5 Å². The smallest absolute Gasteiger partial charge is 0.412 e. The van der Waals surface area contributed by atoms with Gasteiger partial charge in [-0.1, -0.05) is 0 Å². The molecule has 1 amide bonds. The number of amides is 1. The third-order valence-electron chi connectivity index (χ3n) is 2.00. The molecular weight excluding hydrogens is 334 g/mol. The maximum absolute atomic E-state index is 11.6. The van der Waals surface area contributed by atoms with Gasteiger partial charge in [0.05, 0.1) is 10.6 Å². The van der Waals surface area contributed by atoms with E-state index >= 15 is 0 Å². The van der Waals surface area contributed by atoms with Gasteiger partial charge in [-0.15, -0.1) is 0 Å². The molecule has 0 aromatic heterocycles. The van der Waals surface area contributed by atoms with Crippen LogP contribution in [0.2, 0.25) is 0 Å². The van der Waals surface area contributed by atoms with E-state index < -0.39 is 21.5 Å². The quantitative estimate of drug-likeness (QED) is 0.889. The van der Waals surface area contributed by atoms with Crippen LogP contribution in [0.25, 0.3) is 0 Å². The fourth-order valence-corrected chi connectivity index (χ4v) is 2.52. The highest BCUT2D eigenvalue weighted by atomic mass is 79.9. The van der Waals surface area contributed by atoms with E-state index in [0.717, 1.165) is 6.26 Å². The lowest BCUT2D eigenvalue weighted by atomic mass is 10.2. The fraction of sp³-hybridized carbons (Fsp3) is 0.417. The summed E-state index contributed by atoms with van der Waals surface area (Å²) in [7, 11) is -3.27. The van der Waals surface area contributed by atoms with Gasteiger partial charge >= 0.3 is 6.09 Å². The molecule has 7 heteroatoms. The maximum atomic E-state index is 11.6. The van der Waals surface area contributed by atoms with E-state index in [9.17, 15) is 13.2 Å². The first-order valence-corrected chi connectivity index (χ1v) is 8.17. The number of ether oxygens (including phenoxy) is 1. The van der Waals surface area contributed by atoms with Crippen LogP contribution in [-0.2, 0) is 14.6 Å². The molecule has 0 atom stereocenters. The minimum absolute atomic E-state index is 0.175. The van der Waals surface area contributed by atoms with Crippen LogP contribution in [0.1, 0.15) is 20.8 Å². The summed E-state index contributed by atoms with van der Waals surface area (Å²) in [6.07, 6.45) is 0.524. The predicted octanol–water partition coefficient (Wildman–Crippen LogP) is 3.20. The zero-order chi connectivity index (χ0) is 14.8. The molecule has 1 rings (SSSR count). The van der Waals surface area contributed by atoms with Crippen molar-refractivity contribution in [3.05, 3.63) is 22.7 Å². The molecule has 0 saturated heterocycles. The first-order valence-electron chi connectivity index (χ1n) is 5.49. The van der Waals surface area contributed by atoms with Crippen LogP contribution in [0.3, 0.4) is 0 Å². The molecule has 0 aliphatic carbocycles. The third kappa shape index (κ3) is 5.20. The Balaban J connectivity index is 2.90. The van der Waals surface area contributed by atoms with Gasteiger partial charge in [-0.25, -0.2) is 13.2 Å². The molecule has 0 fully saturated rings. The van der Waals surface area contributed by atoms with Crippen molar-refractivity contribution in [2.75, 3.05) is 11.6 Å². The minimum atomic E-state index is -3.27. The van der Waals surface area contributed by atoms with E-state index in [1.807, 2.05) is 0 Å². The van der Waals surface area contributed by atoms with Crippen molar-refractivity contribution in [1.82, 2.24) is 0 Å². The average Bonchev–Trinajstić information content (AvgIpc) is 2.16. The highest BCUT2D eigenvalue weighted by Crippen LogP contribution is 2.26. The zero-order valence-electron chi connectivity index (χ0n) is 11.2. The van der Waals surface area contributed by atoms with Crippen molar-refractivity contribution in [3.8, 4) is 0 Å². The highest BCUT2D eigenvalue weighted by molar-refractivity contribution is 9.10. The van der Waals surface area contributed by atoms with Crippen LogP contribution in [0, 0.1) is 0 Å². The Bertz CT molecular complexity index is 590. The molecule has 0 saturated carbocycles. The van der Waals surface area contributed by atoms with E-state index in [4.69, 9.17) is 4.74 Å². The SMILES string of the molecule is CC(C)(C)OC(=O)Nc1ccc(S(C)(=O)=O)cc1Br. The molecule has 0 spiro atoms. The number of anilines is 1. The molecule has 0 heterocycles. The fourth-order valence-electron chi connectivity index (χ4n) is 1.24. The molecule has 106 valence electrons. The highest BCUT2D eigenvalue weighted by Gasteiger charge is 2.17. The summed E-state index contributed by atoms with van der Waals surface area (Å²) in [5.74, 6) is 0. The summed E-state index contributed by atoms with van der Waals surface area (Å²) in [6.45, 7) is 5.27. The molecular formula is C12H16BrNO4S. The lowest BCUT2D eigenvalue weighted by Crippen LogP contribution is -2.27. The average molecular weight is 350 g/mol. The van der Waals surface area contributed by atoms with Crippen molar-refractivity contribution >= 4 is 37.5 Å². The summed E-state index contributed by atoms with van der Waals surface area (Å²) in [5.41, 5.74) is -0.148. The molecule has 0 aliphatic rings. The zero-order valence-corrected chi connectivity index (χ0v) is 13.6. The minimum Gasteiger partial charge on any atom is -0.444 e. The second-order valence-electron chi connectivity index (χ2n) is 5.04. The Hall–Kier alpha value is -1.08. The summed E-state index contributed by atoms with van der Waals surface area (Å²) < 4.78 is 28.3. The number of rotatable bonds is 2. The normalized spacial score (nSPS) is 12.1. The van der Waals surface area contributed by atoms with E-state index in [1.54, 1.807) is 20.8 Å². The Morgan fingerprint density at radius 3 is 2.32 bits per heavy atom. The van der Waals surface area contributed by atoms with E-state index in [2.05, 4.69) is 21.2 Å². The van der Waals surface area contributed by atoms with E-state index in [-0.39, 0.29) is 4.90 Å². The summed E-state index contributed by atoms with van der Waals surface area (Å²) in [4.78, 5) is 11.8. The van der Waals surface area contributed by atoms with Crippen molar-refractivity contribution in [2.24, 2.45) is 0 Å². The lowest BCUT2D eigenvalue weighted by Gasteiger charge is -2.20. The first-order chi connectivity index (χ1) is 8.49. The van der Waals surface area contributed by atoms with Gasteiger partial charge in [-0.2, -0.15) is 0 Å². The Kier molecular flexibility index (Phi) is 4.63. The number of carbonyl (C=O) groups is 1. The van der Waals surface area contributed by atoms with Crippen LogP contribution in [0.5, 0.6) is 0 Å². The number of carbonyl (C=O) groups excluding carboxylic acids is 1. The largest absolute Gasteiger partial charge is 0.444 e. The second-order valence-corrected chi connectivity index (χ2v) is 7.91. The van der Waals surface area contributed by atoms with Crippen molar-refractivity contribution in [1.29, 1.82) is 0 Å². The summed E-state index contributed by atoms with van der Waals surface area (Å²) >= 11 is 3.21. The molecule has 1 aromatic rings. The van der Waals surface area contributed by atoms with Crippen LogP contribution >= 0.6 is 15.9 Å². The van der Waals surface area contributed by atoms with Crippen molar-refractivity contribution < 1.29 is 17.9 Å². The predicted molar refractivity (Wildman–Crippen MR) is 77.1 cm³/mol. The standard InChI is InChI=1S/C12H16BrNO4S/c1-12(2,3)18-11(15)14-10-6-5-8(7-9(10)13)19(4,16)17/h5-7H,1-4H3,(H,14,15). The van der Waals surface area contributed by atoms with Gasteiger partial charge in [0, 0.05) is 10.7 Å². The molecule has 5 nitrogen and oxygen atoms in total. The number of hydrogen-bond donors (Lipinski definition) is 1. The molecule has 0 aliphatic heterocycles. The Morgan fingerprint density at radius 2 is 1.89 bits per heavy atom. The number of benzene rings is 1. The molecule has 0 bridgehead atoms. The monoisotopic (exact) mass is 349 g/mol. The molecule has 19 heavy (non-hydrogen) atoms. The first kappa shape index (κ1) is 16.0. The summed E-state index contributed by atoms with van der Waals surface area (Å²) in [6, 6.07) is 4.36. The van der Waals surface area contributed by atoms with Gasteiger partial charge in [0.2, 0.25) is 0 Å². The molecule has 1 aromatic carbocycles. The number of hydrogen-bond acceptors (Lipinski definition) is 4. The summed E-state index contributed by atoms with van der Waals surface area (Å²) in [5, 5.41) is 2.54. The van der Waals surface area contributed by atoms with Gasteiger partial charge in [0.1, 0.15) is 5.60 Å². The van der Waals surface area contributed by atoms with Crippen LogP contribution in [0.15, 0.2) is 27.6 Å². The van der Waals surface area contributed by atoms with Gasteiger partial charge in [0.15, 0.2) is 9.84 Å². The number of halogens is 1.